The number of benzene rings is 2. The molecule has 0 bridgehead atoms. The molecule has 0 N–H and O–H groups in total. The van der Waals surface area contributed by atoms with Crippen LogP contribution in [0.2, 0.25) is 0 Å². The third kappa shape index (κ3) is 5.31. The van der Waals surface area contributed by atoms with Gasteiger partial charge in [0.1, 0.15) is 5.60 Å². The summed E-state index contributed by atoms with van der Waals surface area (Å²) in [6, 6.07) is 9.36. The van der Waals surface area contributed by atoms with Crippen LogP contribution in [-0.4, -0.2) is 11.6 Å². The molecule has 3 nitrogen and oxygen atoms in total. The monoisotopic (exact) mass is 416 g/mol. The van der Waals surface area contributed by atoms with Crippen LogP contribution in [0.4, 0.5) is 13.2 Å². The normalized spacial score (nSPS) is 12.1. The van der Waals surface area contributed by atoms with E-state index in [0.29, 0.717) is 15.6 Å². The van der Waals surface area contributed by atoms with Crippen LogP contribution >= 0.6 is 15.9 Å². The molecule has 2 aromatic rings. The predicted octanol–water partition coefficient (Wildman–Crippen LogP) is 6.02. The molecule has 134 valence electrons. The molecule has 0 aliphatic heterocycles. The topological polar surface area (TPSA) is 35.5 Å². The van der Waals surface area contributed by atoms with E-state index in [1.807, 2.05) is 0 Å². The number of alkyl halides is 3. The van der Waals surface area contributed by atoms with Crippen LogP contribution in [0.3, 0.4) is 0 Å². The molecule has 0 radical (unpaired) electrons. The Morgan fingerprint density at radius 3 is 2.12 bits per heavy atom. The maximum absolute atomic E-state index is 12.7. The van der Waals surface area contributed by atoms with Crippen LogP contribution in [-0.2, 0) is 16.0 Å². The summed E-state index contributed by atoms with van der Waals surface area (Å²) in [5, 5.41) is 0. The van der Waals surface area contributed by atoms with E-state index in [0.717, 1.165) is 12.1 Å². The highest BCUT2D eigenvalue weighted by Gasteiger charge is 2.30. The molecule has 2 rings (SSSR count). The number of rotatable bonds is 3. The van der Waals surface area contributed by atoms with Gasteiger partial charge >= 0.3 is 12.1 Å². The van der Waals surface area contributed by atoms with Crippen molar-refractivity contribution < 1.29 is 27.7 Å². The minimum Gasteiger partial charge on any atom is -0.292 e. The second kappa shape index (κ2) is 7.17. The Hall–Kier alpha value is -1.86. The summed E-state index contributed by atoms with van der Waals surface area (Å²) in [4.78, 5) is 22.1. The molecule has 2 aromatic carbocycles. The zero-order valence-electron chi connectivity index (χ0n) is 13.8. The highest BCUT2D eigenvalue weighted by Crippen LogP contribution is 2.33. The van der Waals surface area contributed by atoms with Gasteiger partial charge in [-0.15, -0.1) is 0 Å². The van der Waals surface area contributed by atoms with Crippen molar-refractivity contribution in [1.29, 1.82) is 0 Å². The third-order valence-corrected chi connectivity index (χ3v) is 3.59. The van der Waals surface area contributed by atoms with Gasteiger partial charge in [0.15, 0.2) is 0 Å². The van der Waals surface area contributed by atoms with Gasteiger partial charge in [-0.2, -0.15) is 18.1 Å². The van der Waals surface area contributed by atoms with Crippen molar-refractivity contribution in [2.45, 2.75) is 32.5 Å². The van der Waals surface area contributed by atoms with Gasteiger partial charge in [-0.25, -0.2) is 4.79 Å². The molecule has 0 aromatic heterocycles. The lowest BCUT2D eigenvalue weighted by atomic mass is 9.98. The average Bonchev–Trinajstić information content (AvgIpc) is 2.51. The van der Waals surface area contributed by atoms with Gasteiger partial charge in [-0.05, 0) is 62.2 Å². The summed E-state index contributed by atoms with van der Waals surface area (Å²) in [5.41, 5.74) is -0.360. The summed E-state index contributed by atoms with van der Waals surface area (Å²) in [6.07, 6.45) is -4.42. The first kappa shape index (κ1) is 19.5. The SMILES string of the molecule is CC(C)(C)OOC(=O)c1ccc(Br)cc1-c1ccc(C(F)(F)F)cc1. The maximum Gasteiger partial charge on any atom is 0.416 e. The molecule has 7 heteroatoms. The van der Waals surface area contributed by atoms with Gasteiger partial charge in [-0.1, -0.05) is 28.1 Å². The van der Waals surface area contributed by atoms with E-state index in [9.17, 15) is 18.0 Å². The third-order valence-electron chi connectivity index (χ3n) is 3.09. The average molecular weight is 417 g/mol. The summed E-state index contributed by atoms with van der Waals surface area (Å²) in [6.45, 7) is 5.16. The Balaban J connectivity index is 2.37. The van der Waals surface area contributed by atoms with Crippen LogP contribution < -0.4 is 0 Å². The fraction of sp³-hybridized carbons (Fsp3) is 0.278. The van der Waals surface area contributed by atoms with E-state index in [1.54, 1.807) is 32.9 Å². The van der Waals surface area contributed by atoms with E-state index in [2.05, 4.69) is 15.9 Å². The van der Waals surface area contributed by atoms with Gasteiger partial charge in [0.2, 0.25) is 0 Å². The number of carbonyl (C=O) groups is 1. The van der Waals surface area contributed by atoms with Crippen molar-refractivity contribution >= 4 is 21.9 Å². The summed E-state index contributed by atoms with van der Waals surface area (Å²) in [5.74, 6) is -0.725. The van der Waals surface area contributed by atoms with E-state index < -0.39 is 23.3 Å². The largest absolute Gasteiger partial charge is 0.416 e. The van der Waals surface area contributed by atoms with Gasteiger partial charge in [0.25, 0.3) is 0 Å². The van der Waals surface area contributed by atoms with E-state index >= 15 is 0 Å². The Morgan fingerprint density at radius 1 is 1.00 bits per heavy atom. The first-order valence-corrected chi connectivity index (χ1v) is 8.14. The quantitative estimate of drug-likeness (QED) is 0.453. The van der Waals surface area contributed by atoms with Gasteiger partial charge in [0.05, 0.1) is 11.1 Å². The van der Waals surface area contributed by atoms with Crippen molar-refractivity contribution in [3.63, 3.8) is 0 Å². The van der Waals surface area contributed by atoms with E-state index in [-0.39, 0.29) is 5.56 Å². The Labute approximate surface area is 151 Å². The van der Waals surface area contributed by atoms with Crippen LogP contribution in [0.25, 0.3) is 11.1 Å². The molecule has 0 amide bonds. The number of carbonyl (C=O) groups excluding carboxylic acids is 1. The fourth-order valence-corrected chi connectivity index (χ4v) is 2.34. The predicted molar refractivity (Wildman–Crippen MR) is 90.8 cm³/mol. The second-order valence-corrected chi connectivity index (χ2v) is 7.25. The Morgan fingerprint density at radius 2 is 1.60 bits per heavy atom. The van der Waals surface area contributed by atoms with Gasteiger partial charge in [-0.3, -0.25) is 4.89 Å². The maximum atomic E-state index is 12.7. The van der Waals surface area contributed by atoms with E-state index in [4.69, 9.17) is 9.78 Å². The Bertz CT molecular complexity index is 763. The van der Waals surface area contributed by atoms with Crippen LogP contribution in [0, 0.1) is 0 Å². The summed E-state index contributed by atoms with van der Waals surface area (Å²) in [7, 11) is 0. The molecule has 0 heterocycles. The first-order valence-electron chi connectivity index (χ1n) is 7.34. The van der Waals surface area contributed by atoms with Crippen molar-refractivity contribution in [1.82, 2.24) is 0 Å². The number of halogens is 4. The minimum absolute atomic E-state index is 0.187. The minimum atomic E-state index is -4.42. The van der Waals surface area contributed by atoms with Crippen LogP contribution in [0.1, 0.15) is 36.7 Å². The lowest BCUT2D eigenvalue weighted by Gasteiger charge is -2.17. The molecule has 0 saturated heterocycles. The highest BCUT2D eigenvalue weighted by molar-refractivity contribution is 9.10. The van der Waals surface area contributed by atoms with Crippen molar-refractivity contribution in [2.24, 2.45) is 0 Å². The van der Waals surface area contributed by atoms with Gasteiger partial charge in [0, 0.05) is 4.47 Å². The smallest absolute Gasteiger partial charge is 0.292 e. The first-order chi connectivity index (χ1) is 11.5. The molecule has 0 spiro atoms. The molecule has 25 heavy (non-hydrogen) atoms. The lowest BCUT2D eigenvalue weighted by molar-refractivity contribution is -0.301. The second-order valence-electron chi connectivity index (χ2n) is 6.33. The molecule has 0 aliphatic rings. The molecule has 0 fully saturated rings. The number of hydrogen-bond donors (Lipinski definition) is 0. The molecule has 0 atom stereocenters. The molecular formula is C18H16BrF3O3. The summed E-state index contributed by atoms with van der Waals surface area (Å²) >= 11 is 3.30. The molecule has 0 saturated carbocycles. The zero-order chi connectivity index (χ0) is 18.8. The van der Waals surface area contributed by atoms with E-state index in [1.165, 1.54) is 18.2 Å². The molecule has 0 aliphatic carbocycles. The van der Waals surface area contributed by atoms with Crippen molar-refractivity contribution in [3.8, 4) is 11.1 Å². The fourth-order valence-electron chi connectivity index (χ4n) is 1.98. The zero-order valence-corrected chi connectivity index (χ0v) is 15.4. The lowest BCUT2D eigenvalue weighted by Crippen LogP contribution is -2.22. The van der Waals surface area contributed by atoms with Crippen molar-refractivity contribution in [2.75, 3.05) is 0 Å². The molecular weight excluding hydrogens is 401 g/mol. The Kier molecular flexibility index (Phi) is 5.58. The number of hydrogen-bond acceptors (Lipinski definition) is 3. The highest BCUT2D eigenvalue weighted by atomic mass is 79.9. The van der Waals surface area contributed by atoms with Crippen molar-refractivity contribution in [3.05, 3.63) is 58.1 Å². The van der Waals surface area contributed by atoms with Gasteiger partial charge < -0.3 is 0 Å². The van der Waals surface area contributed by atoms with Crippen LogP contribution in [0.5, 0.6) is 0 Å². The summed E-state index contributed by atoms with van der Waals surface area (Å²) < 4.78 is 38.8. The standard InChI is InChI=1S/C18H16BrF3O3/c1-17(2,3)25-24-16(23)14-9-8-13(19)10-15(14)11-4-6-12(7-5-11)18(20,21)22/h4-10H,1-3H3. The van der Waals surface area contributed by atoms with Crippen LogP contribution in [0.15, 0.2) is 46.9 Å². The molecule has 0 unspecified atom stereocenters.